The van der Waals surface area contributed by atoms with Gasteiger partial charge < -0.3 is 21.3 Å². The van der Waals surface area contributed by atoms with Gasteiger partial charge in [0.25, 0.3) is 0 Å². The zero-order valence-corrected chi connectivity index (χ0v) is 21.4. The van der Waals surface area contributed by atoms with Crippen molar-refractivity contribution in [2.24, 2.45) is 27.6 Å². The number of halogens is 3. The third-order valence-corrected chi connectivity index (χ3v) is 6.39. The molecule has 1 aromatic rings. The highest BCUT2D eigenvalue weighted by Gasteiger charge is 2.30. The van der Waals surface area contributed by atoms with Gasteiger partial charge in [-0.05, 0) is 31.5 Å². The van der Waals surface area contributed by atoms with Crippen LogP contribution in [0.1, 0.15) is 20.3 Å². The van der Waals surface area contributed by atoms with Gasteiger partial charge in [0.05, 0.1) is 34.6 Å². The maximum Gasteiger partial charge on any atom is 0.229 e. The van der Waals surface area contributed by atoms with Crippen LogP contribution in [0.2, 0.25) is 5.02 Å². The molecule has 1 aromatic carbocycles. The number of amides is 1. The zero-order valence-electron chi connectivity index (χ0n) is 19.8. The SMILES string of the molecule is C=C(C[C@@H](Cl)/C=C\C)C(CN)NC(=O)[C@H]1C=CN(C2=NC(Nc3ccc(F)cc3Cl)=NC[C@H]2C)C1. The van der Waals surface area contributed by atoms with E-state index in [-0.39, 0.29) is 40.7 Å². The topological polar surface area (TPSA) is 95.1 Å². The molecule has 3 rings (SSSR count). The lowest BCUT2D eigenvalue weighted by Gasteiger charge is -2.27. The number of rotatable bonds is 8. The van der Waals surface area contributed by atoms with Crippen LogP contribution in [0.25, 0.3) is 0 Å². The third kappa shape index (κ3) is 7.16. The Morgan fingerprint density at radius 3 is 2.91 bits per heavy atom. The summed E-state index contributed by atoms with van der Waals surface area (Å²) in [6.07, 6.45) is 8.00. The quantitative estimate of drug-likeness (QED) is 0.351. The Labute approximate surface area is 215 Å². The number of alkyl halides is 1. The van der Waals surface area contributed by atoms with Crippen LogP contribution < -0.4 is 16.4 Å². The van der Waals surface area contributed by atoms with Crippen molar-refractivity contribution in [2.75, 3.05) is 25.0 Å². The number of guanidine groups is 1. The summed E-state index contributed by atoms with van der Waals surface area (Å²) in [5.74, 6) is 0.297. The number of carbonyl (C=O) groups is 1. The molecule has 2 aliphatic rings. The molecule has 0 saturated carbocycles. The normalized spacial score (nSPS) is 21.5. The van der Waals surface area contributed by atoms with Crippen molar-refractivity contribution in [2.45, 2.75) is 31.7 Å². The number of hydrogen-bond acceptors (Lipinski definition) is 6. The van der Waals surface area contributed by atoms with E-state index in [1.165, 1.54) is 18.2 Å². The predicted molar refractivity (Wildman–Crippen MR) is 142 cm³/mol. The largest absolute Gasteiger partial charge is 0.348 e. The molecule has 0 spiro atoms. The molecule has 188 valence electrons. The first-order valence-corrected chi connectivity index (χ1v) is 12.3. The monoisotopic (exact) mass is 520 g/mol. The van der Waals surface area contributed by atoms with E-state index in [0.29, 0.717) is 31.2 Å². The lowest BCUT2D eigenvalue weighted by atomic mass is 10.0. The molecule has 1 amide bonds. The van der Waals surface area contributed by atoms with Gasteiger partial charge in [-0.25, -0.2) is 4.39 Å². The van der Waals surface area contributed by atoms with Crippen LogP contribution in [0.5, 0.6) is 0 Å². The van der Waals surface area contributed by atoms with Crippen molar-refractivity contribution in [3.63, 3.8) is 0 Å². The molecule has 0 aliphatic carbocycles. The van der Waals surface area contributed by atoms with Gasteiger partial charge in [0, 0.05) is 25.2 Å². The fourth-order valence-corrected chi connectivity index (χ4v) is 4.40. The fourth-order valence-electron chi connectivity index (χ4n) is 3.84. The molecule has 4 N–H and O–H groups in total. The van der Waals surface area contributed by atoms with Crippen molar-refractivity contribution in [1.29, 1.82) is 0 Å². The summed E-state index contributed by atoms with van der Waals surface area (Å²) in [5.41, 5.74) is 7.20. The van der Waals surface area contributed by atoms with Crippen LogP contribution in [-0.4, -0.2) is 53.7 Å². The lowest BCUT2D eigenvalue weighted by Crippen LogP contribution is -2.45. The van der Waals surface area contributed by atoms with Crippen LogP contribution in [0, 0.1) is 17.7 Å². The molecule has 0 bridgehead atoms. The molecule has 0 fully saturated rings. The van der Waals surface area contributed by atoms with Crippen molar-refractivity contribution in [3.8, 4) is 0 Å². The van der Waals surface area contributed by atoms with Crippen molar-refractivity contribution in [3.05, 3.63) is 65.6 Å². The van der Waals surface area contributed by atoms with Gasteiger partial charge in [-0.1, -0.05) is 48.9 Å². The van der Waals surface area contributed by atoms with E-state index in [0.717, 1.165) is 11.4 Å². The Balaban J connectivity index is 1.62. The summed E-state index contributed by atoms with van der Waals surface area (Å²) in [7, 11) is 0. The summed E-state index contributed by atoms with van der Waals surface area (Å²) in [4.78, 5) is 24.0. The maximum atomic E-state index is 13.3. The maximum absolute atomic E-state index is 13.3. The molecule has 0 radical (unpaired) electrons. The van der Waals surface area contributed by atoms with E-state index >= 15 is 0 Å². The number of nitrogens with zero attached hydrogens (tertiary/aromatic N) is 3. The summed E-state index contributed by atoms with van der Waals surface area (Å²) < 4.78 is 13.3. The number of benzene rings is 1. The first-order valence-electron chi connectivity index (χ1n) is 11.5. The second-order valence-corrected chi connectivity index (χ2v) is 9.55. The van der Waals surface area contributed by atoms with Gasteiger partial charge in [-0.15, -0.1) is 11.6 Å². The van der Waals surface area contributed by atoms with E-state index in [2.05, 4.69) is 27.2 Å². The van der Waals surface area contributed by atoms with E-state index in [4.69, 9.17) is 28.9 Å². The molecule has 35 heavy (non-hydrogen) atoms. The number of allylic oxidation sites excluding steroid dienone is 2. The first kappa shape index (κ1) is 26.9. The highest BCUT2D eigenvalue weighted by Crippen LogP contribution is 2.24. The van der Waals surface area contributed by atoms with Gasteiger partial charge in [-0.3, -0.25) is 9.79 Å². The van der Waals surface area contributed by atoms with Gasteiger partial charge in [-0.2, -0.15) is 4.99 Å². The van der Waals surface area contributed by atoms with Crippen molar-refractivity contribution in [1.82, 2.24) is 10.2 Å². The molecular weight excluding hydrogens is 490 g/mol. The molecule has 0 aromatic heterocycles. The Kier molecular flexibility index (Phi) is 9.48. The molecule has 7 nitrogen and oxygen atoms in total. The van der Waals surface area contributed by atoms with Gasteiger partial charge in [0.2, 0.25) is 11.9 Å². The smallest absolute Gasteiger partial charge is 0.229 e. The number of amidine groups is 1. The van der Waals surface area contributed by atoms with Crippen molar-refractivity contribution < 1.29 is 9.18 Å². The Bertz CT molecular complexity index is 1070. The number of aliphatic imine (C=N–C) groups is 2. The summed E-state index contributed by atoms with van der Waals surface area (Å²) in [5, 5.41) is 6.09. The van der Waals surface area contributed by atoms with Crippen molar-refractivity contribution >= 4 is 46.6 Å². The van der Waals surface area contributed by atoms with E-state index in [1.54, 1.807) is 0 Å². The highest BCUT2D eigenvalue weighted by molar-refractivity contribution is 6.33. The predicted octanol–water partition coefficient (Wildman–Crippen LogP) is 4.31. The minimum absolute atomic E-state index is 0.0551. The Hall–Kier alpha value is -2.68. The fraction of sp³-hybridized carbons (Fsp3) is 0.400. The van der Waals surface area contributed by atoms with Gasteiger partial charge in [0.15, 0.2) is 0 Å². The average molecular weight is 521 g/mol. The molecule has 2 aliphatic heterocycles. The number of anilines is 1. The second-order valence-electron chi connectivity index (χ2n) is 8.59. The standard InChI is InChI=1S/C25H31Cl2FN6O/c1-4-5-18(26)10-15(2)22(12-29)31-24(35)17-8-9-34(14-17)23-16(3)13-30-25(33-23)32-21-7-6-19(28)11-20(21)27/h4-9,11,16-18,22H,2,10,12-14,29H2,1,3H3,(H,30,32)(H,31,35)/b5-4-/t16-,17+,18+,22?/m1/s1. The lowest BCUT2D eigenvalue weighted by molar-refractivity contribution is -0.123. The van der Waals surface area contributed by atoms with E-state index in [1.807, 2.05) is 43.2 Å². The Morgan fingerprint density at radius 1 is 1.46 bits per heavy atom. The minimum atomic E-state index is -0.420. The highest BCUT2D eigenvalue weighted by atomic mass is 35.5. The average Bonchev–Trinajstić information content (AvgIpc) is 3.30. The van der Waals surface area contributed by atoms with Gasteiger partial charge >= 0.3 is 0 Å². The van der Waals surface area contributed by atoms with Crippen LogP contribution >= 0.6 is 23.2 Å². The molecule has 2 heterocycles. The number of nitrogens with one attached hydrogen (secondary N) is 2. The molecule has 0 saturated heterocycles. The summed E-state index contributed by atoms with van der Waals surface area (Å²) >= 11 is 12.4. The van der Waals surface area contributed by atoms with E-state index < -0.39 is 5.82 Å². The van der Waals surface area contributed by atoms with E-state index in [9.17, 15) is 9.18 Å². The second kappa shape index (κ2) is 12.3. The molecule has 4 atom stereocenters. The minimum Gasteiger partial charge on any atom is -0.348 e. The summed E-state index contributed by atoms with van der Waals surface area (Å²) in [6, 6.07) is 3.72. The van der Waals surface area contributed by atoms with Crippen LogP contribution in [0.3, 0.4) is 0 Å². The van der Waals surface area contributed by atoms with Gasteiger partial charge in [0.1, 0.15) is 11.7 Å². The third-order valence-electron chi connectivity index (χ3n) is 5.78. The first-order chi connectivity index (χ1) is 16.7. The molecule has 1 unspecified atom stereocenters. The van der Waals surface area contributed by atoms with Crippen LogP contribution in [-0.2, 0) is 4.79 Å². The number of carbonyl (C=O) groups excluding carboxylic acids is 1. The van der Waals surface area contributed by atoms with Crippen LogP contribution in [0.4, 0.5) is 10.1 Å². The van der Waals surface area contributed by atoms with Crippen LogP contribution in [0.15, 0.2) is 64.8 Å². The molecule has 10 heteroatoms. The number of hydrogen-bond donors (Lipinski definition) is 3. The number of nitrogens with two attached hydrogens (primary N) is 1. The Morgan fingerprint density at radius 2 is 2.23 bits per heavy atom. The zero-order chi connectivity index (χ0) is 25.5. The summed E-state index contributed by atoms with van der Waals surface area (Å²) in [6.45, 7) is 9.19. The molecular formula is C25H31Cl2FN6O.